The minimum Gasteiger partial charge on any atom is -0.428 e. The molecule has 2 aromatic rings. The third-order valence-corrected chi connectivity index (χ3v) is 4.17. The number of halogens is 5. The van der Waals surface area contributed by atoms with Gasteiger partial charge in [-0.3, -0.25) is 9.59 Å². The Morgan fingerprint density at radius 1 is 1.10 bits per heavy atom. The van der Waals surface area contributed by atoms with Gasteiger partial charge in [0.05, 0.1) is 16.1 Å². The molecule has 0 aliphatic carbocycles. The lowest BCUT2D eigenvalue weighted by Crippen LogP contribution is -2.33. The third kappa shape index (κ3) is 5.63. The van der Waals surface area contributed by atoms with Gasteiger partial charge in [0.25, 0.3) is 11.8 Å². The zero-order valence-electron chi connectivity index (χ0n) is 16.2. The molecule has 0 aliphatic rings. The minimum atomic E-state index is -4.65. The molecule has 2 amide bonds. The summed E-state index contributed by atoms with van der Waals surface area (Å²) < 4.78 is 54.7. The first kappa shape index (κ1) is 23.5. The number of benzene rings is 2. The lowest BCUT2D eigenvalue weighted by atomic mass is 10.0. The van der Waals surface area contributed by atoms with E-state index in [9.17, 15) is 27.2 Å². The van der Waals surface area contributed by atoms with Gasteiger partial charge in [-0.25, -0.2) is 0 Å². The van der Waals surface area contributed by atoms with E-state index < -0.39 is 30.1 Å². The van der Waals surface area contributed by atoms with E-state index in [1.165, 1.54) is 31.2 Å². The van der Waals surface area contributed by atoms with Crippen LogP contribution in [0.5, 0.6) is 5.75 Å². The molecule has 5 nitrogen and oxygen atoms in total. The summed E-state index contributed by atoms with van der Waals surface area (Å²) in [6.45, 7) is 4.97. The molecule has 0 saturated carbocycles. The van der Waals surface area contributed by atoms with Crippen LogP contribution >= 0.6 is 11.6 Å². The fraction of sp³-hybridized carbons (Fsp3) is 0.300. The van der Waals surface area contributed by atoms with Crippen molar-refractivity contribution in [2.24, 2.45) is 0 Å². The highest BCUT2D eigenvalue weighted by atomic mass is 35.5. The van der Waals surface area contributed by atoms with Crippen LogP contribution in [0.4, 0.5) is 23.2 Å². The van der Waals surface area contributed by atoms with Gasteiger partial charge in [-0.1, -0.05) is 17.7 Å². The molecule has 30 heavy (non-hydrogen) atoms. The van der Waals surface area contributed by atoms with Gasteiger partial charge >= 0.3 is 12.5 Å². The lowest BCUT2D eigenvalue weighted by Gasteiger charge is -2.18. The van der Waals surface area contributed by atoms with Gasteiger partial charge in [-0.15, -0.1) is 0 Å². The van der Waals surface area contributed by atoms with Crippen LogP contribution in [-0.2, 0) is 0 Å². The van der Waals surface area contributed by atoms with Gasteiger partial charge in [-0.05, 0) is 56.7 Å². The van der Waals surface area contributed by atoms with Crippen LogP contribution in [-0.4, -0.2) is 30.4 Å². The maximum Gasteiger partial charge on any atom is 0.461 e. The van der Waals surface area contributed by atoms with Gasteiger partial charge in [0.15, 0.2) is 0 Å². The average Bonchev–Trinajstić information content (AvgIpc) is 2.62. The molecular weight excluding hydrogens is 428 g/mol. The van der Waals surface area contributed by atoms with Crippen LogP contribution in [0, 0.1) is 6.92 Å². The summed E-state index contributed by atoms with van der Waals surface area (Å²) in [6, 6.07) is 7.54. The topological polar surface area (TPSA) is 67.4 Å². The van der Waals surface area contributed by atoms with Crippen molar-refractivity contribution in [1.82, 2.24) is 5.32 Å². The smallest absolute Gasteiger partial charge is 0.428 e. The number of anilines is 1. The molecule has 0 aromatic heterocycles. The van der Waals surface area contributed by atoms with E-state index in [2.05, 4.69) is 15.4 Å². The number of ether oxygens (including phenoxy) is 1. The first-order valence-electron chi connectivity index (χ1n) is 8.78. The number of hydrogen-bond donors (Lipinski definition) is 2. The van der Waals surface area contributed by atoms with Crippen molar-refractivity contribution in [3.63, 3.8) is 0 Å². The van der Waals surface area contributed by atoms with Gasteiger partial charge in [0.2, 0.25) is 0 Å². The molecule has 2 N–H and O–H groups in total. The van der Waals surface area contributed by atoms with Gasteiger partial charge in [0.1, 0.15) is 5.75 Å². The van der Waals surface area contributed by atoms with E-state index in [-0.39, 0.29) is 33.4 Å². The molecule has 10 heteroatoms. The van der Waals surface area contributed by atoms with Crippen molar-refractivity contribution in [2.45, 2.75) is 39.3 Å². The Morgan fingerprint density at radius 2 is 1.77 bits per heavy atom. The first-order chi connectivity index (χ1) is 13.9. The van der Waals surface area contributed by atoms with Crippen LogP contribution < -0.4 is 15.4 Å². The fourth-order valence-electron chi connectivity index (χ4n) is 2.51. The summed E-state index contributed by atoms with van der Waals surface area (Å²) in [7, 11) is 0. The number of carbonyl (C=O) groups is 2. The van der Waals surface area contributed by atoms with E-state index in [0.29, 0.717) is 0 Å². The minimum absolute atomic E-state index is 0.0399. The van der Waals surface area contributed by atoms with Crippen molar-refractivity contribution >= 4 is 29.1 Å². The highest BCUT2D eigenvalue weighted by molar-refractivity contribution is 6.35. The Bertz CT molecular complexity index is 952. The number of alkyl halides is 4. The normalized spacial score (nSPS) is 11.5. The highest BCUT2D eigenvalue weighted by Gasteiger charge is 2.44. The van der Waals surface area contributed by atoms with Crippen molar-refractivity contribution in [1.29, 1.82) is 0 Å². The highest BCUT2D eigenvalue weighted by Crippen LogP contribution is 2.30. The van der Waals surface area contributed by atoms with E-state index in [4.69, 9.17) is 11.6 Å². The van der Waals surface area contributed by atoms with Crippen molar-refractivity contribution < 1.29 is 31.9 Å². The molecular formula is C20H19ClF4N2O3. The Balaban J connectivity index is 2.28. The zero-order valence-corrected chi connectivity index (χ0v) is 17.0. The van der Waals surface area contributed by atoms with E-state index in [1.807, 2.05) is 0 Å². The number of carbonyl (C=O) groups excluding carboxylic acids is 2. The van der Waals surface area contributed by atoms with Crippen LogP contribution in [0.2, 0.25) is 5.02 Å². The molecule has 0 unspecified atom stereocenters. The van der Waals surface area contributed by atoms with Crippen molar-refractivity contribution in [3.05, 3.63) is 58.1 Å². The Hall–Kier alpha value is -2.81. The summed E-state index contributed by atoms with van der Waals surface area (Å²) in [5.41, 5.74) is 0.457. The lowest BCUT2D eigenvalue weighted by molar-refractivity contribution is -0.253. The second kappa shape index (κ2) is 9.34. The van der Waals surface area contributed by atoms with Gasteiger partial charge < -0.3 is 15.4 Å². The van der Waals surface area contributed by atoms with E-state index >= 15 is 0 Å². The predicted octanol–water partition coefficient (Wildman–Crippen LogP) is 5.28. The molecule has 0 saturated heterocycles. The summed E-state index contributed by atoms with van der Waals surface area (Å²) >= 11 is 6.12. The number of amides is 2. The zero-order chi connectivity index (χ0) is 22.6. The largest absolute Gasteiger partial charge is 0.461 e. The number of rotatable bonds is 7. The molecule has 0 bridgehead atoms. The second-order valence-electron chi connectivity index (χ2n) is 6.69. The molecule has 0 heterocycles. The van der Waals surface area contributed by atoms with Crippen molar-refractivity contribution in [2.75, 3.05) is 5.32 Å². The van der Waals surface area contributed by atoms with Crippen LogP contribution in [0.25, 0.3) is 0 Å². The fourth-order valence-corrected chi connectivity index (χ4v) is 2.77. The standard InChI is InChI=1S/C20H19ClF4N2O3/c1-10(2)26-17(28)13-5-4-6-14(21)16(13)18(29)27-15-8-7-12(9-11(15)3)30-20(24,25)19(22)23/h4-10,19H,1-3H3,(H,26,28)(H,27,29). The molecule has 0 fully saturated rings. The van der Waals surface area contributed by atoms with Gasteiger partial charge in [-0.2, -0.15) is 17.6 Å². The average molecular weight is 447 g/mol. The molecule has 0 atom stereocenters. The Labute approximate surface area is 175 Å². The molecule has 162 valence electrons. The SMILES string of the molecule is Cc1cc(OC(F)(F)C(F)F)ccc1NC(=O)c1c(Cl)cccc1C(=O)NC(C)C. The Kier molecular flexibility index (Phi) is 7.30. The molecule has 0 spiro atoms. The predicted molar refractivity (Wildman–Crippen MR) is 105 cm³/mol. The van der Waals surface area contributed by atoms with Crippen LogP contribution in [0.3, 0.4) is 0 Å². The maximum absolute atomic E-state index is 13.1. The van der Waals surface area contributed by atoms with Crippen molar-refractivity contribution in [3.8, 4) is 5.75 Å². The van der Waals surface area contributed by atoms with Crippen LogP contribution in [0.15, 0.2) is 36.4 Å². The number of hydrogen-bond acceptors (Lipinski definition) is 3. The molecule has 0 aliphatic heterocycles. The Morgan fingerprint density at radius 3 is 2.33 bits per heavy atom. The quantitative estimate of drug-likeness (QED) is 0.569. The third-order valence-electron chi connectivity index (χ3n) is 3.86. The summed E-state index contributed by atoms with van der Waals surface area (Å²) in [6.07, 6.45) is -8.64. The first-order valence-corrected chi connectivity index (χ1v) is 9.16. The maximum atomic E-state index is 13.1. The second-order valence-corrected chi connectivity index (χ2v) is 7.09. The summed E-state index contributed by atoms with van der Waals surface area (Å²) in [5.74, 6) is -1.69. The number of nitrogens with one attached hydrogen (secondary N) is 2. The summed E-state index contributed by atoms with van der Waals surface area (Å²) in [5, 5.41) is 5.24. The number of aryl methyl sites for hydroxylation is 1. The van der Waals surface area contributed by atoms with Gasteiger partial charge in [0, 0.05) is 11.7 Å². The summed E-state index contributed by atoms with van der Waals surface area (Å²) in [4.78, 5) is 25.2. The monoisotopic (exact) mass is 446 g/mol. The van der Waals surface area contributed by atoms with E-state index in [0.717, 1.165) is 12.1 Å². The molecule has 2 aromatic carbocycles. The molecule has 0 radical (unpaired) electrons. The molecule has 2 rings (SSSR count). The van der Waals surface area contributed by atoms with E-state index in [1.54, 1.807) is 13.8 Å². The van der Waals surface area contributed by atoms with Crippen LogP contribution in [0.1, 0.15) is 40.1 Å².